The van der Waals surface area contributed by atoms with Crippen molar-refractivity contribution in [1.82, 2.24) is 0 Å². The summed E-state index contributed by atoms with van der Waals surface area (Å²) in [4.78, 5) is 9.38. The second-order valence-electron chi connectivity index (χ2n) is 37.1. The van der Waals surface area contributed by atoms with E-state index in [1.165, 1.54) is 135 Å². The molecule has 0 saturated heterocycles. The van der Waals surface area contributed by atoms with Gasteiger partial charge in [0.2, 0.25) is 0 Å². The van der Waals surface area contributed by atoms with Gasteiger partial charge in [-0.05, 0) is 294 Å². The van der Waals surface area contributed by atoms with Crippen molar-refractivity contribution in [3.8, 4) is 0 Å². The van der Waals surface area contributed by atoms with E-state index in [2.05, 4.69) is 581 Å². The highest BCUT2D eigenvalue weighted by molar-refractivity contribution is 7.27. The Morgan fingerprint density at radius 1 is 0.160 bits per heavy atom. The molecular formula is C138H98N8S4. The van der Waals surface area contributed by atoms with Gasteiger partial charge in [0.25, 0.3) is 0 Å². The van der Waals surface area contributed by atoms with Crippen molar-refractivity contribution in [2.24, 2.45) is 0 Å². The molecule has 0 aliphatic carbocycles. The van der Waals surface area contributed by atoms with E-state index in [-0.39, 0.29) is 0 Å². The van der Waals surface area contributed by atoms with E-state index in [0.29, 0.717) is 0 Å². The Kier molecular flexibility index (Phi) is 25.8. The minimum atomic E-state index is 1.08. The van der Waals surface area contributed by atoms with Crippen LogP contribution in [-0.4, -0.2) is 0 Å². The lowest BCUT2D eigenvalue weighted by Crippen LogP contribution is -2.10. The Morgan fingerprint density at radius 2 is 0.453 bits per heavy atom. The highest BCUT2D eigenvalue weighted by Crippen LogP contribution is 2.51. The summed E-state index contributed by atoms with van der Waals surface area (Å²) in [6.45, 7) is 3.99. The fraction of sp³-hybridized carbons (Fsp3) is 0. The van der Waals surface area contributed by atoms with Crippen LogP contribution in [0.15, 0.2) is 559 Å². The number of hydrogen-bond donors (Lipinski definition) is 4. The molecule has 0 unspecified atom stereocenters. The molecule has 4 N–H and O–H groups in total. The molecule has 0 bridgehead atoms. The van der Waals surface area contributed by atoms with E-state index in [1.54, 1.807) is 0 Å². The topological polar surface area (TPSA) is 61.1 Å². The summed E-state index contributed by atoms with van der Waals surface area (Å²) in [6, 6.07) is 196. The highest BCUT2D eigenvalue weighted by Gasteiger charge is 2.25. The molecule has 8 nitrogen and oxygen atoms in total. The van der Waals surface area contributed by atoms with Gasteiger partial charge in [-0.3, -0.25) is 0 Å². The van der Waals surface area contributed by atoms with Gasteiger partial charge in [-0.1, -0.05) is 298 Å². The summed E-state index contributed by atoms with van der Waals surface area (Å²) in [6.07, 6.45) is 1.90. The van der Waals surface area contributed by atoms with Gasteiger partial charge in [0.1, 0.15) is 0 Å². The highest BCUT2D eigenvalue weighted by atomic mass is 32.1. The summed E-state index contributed by atoms with van der Waals surface area (Å²) in [7, 11) is 0. The second kappa shape index (κ2) is 41.8. The zero-order valence-electron chi connectivity index (χ0n) is 81.7. The second-order valence-corrected chi connectivity index (χ2v) is 41.4. The molecule has 28 rings (SSSR count). The van der Waals surface area contributed by atoms with Crippen LogP contribution >= 0.6 is 45.3 Å². The Morgan fingerprint density at radius 3 is 0.887 bits per heavy atom. The van der Waals surface area contributed by atoms with Crippen LogP contribution in [0.5, 0.6) is 0 Å². The predicted molar refractivity (Wildman–Crippen MR) is 655 cm³/mol. The van der Waals surface area contributed by atoms with Crippen LogP contribution in [0.3, 0.4) is 0 Å². The van der Waals surface area contributed by atoms with Crippen LogP contribution in [-0.2, 0) is 0 Å². The molecule has 0 aliphatic rings. The largest absolute Gasteiger partial charge is 0.356 e. The number of benzene rings is 24. The van der Waals surface area contributed by atoms with Crippen LogP contribution in [0.4, 0.5) is 114 Å². The number of rotatable bonds is 21. The lowest BCUT2D eigenvalue weighted by Gasteiger charge is -2.27. The maximum absolute atomic E-state index is 3.99. The first-order valence-electron chi connectivity index (χ1n) is 50.4. The Hall–Kier alpha value is -18.7. The zero-order chi connectivity index (χ0) is 100. The van der Waals surface area contributed by atoms with Crippen molar-refractivity contribution in [1.29, 1.82) is 0 Å². The minimum Gasteiger partial charge on any atom is -0.356 e. The molecule has 150 heavy (non-hydrogen) atoms. The molecule has 28 aromatic rings. The summed E-state index contributed by atoms with van der Waals surface area (Å²) in [5, 5.41) is 34.6. The fourth-order valence-corrected chi connectivity index (χ4v) is 25.0. The Bertz CT molecular complexity index is 9620. The van der Waals surface area contributed by atoms with Crippen molar-refractivity contribution < 1.29 is 0 Å². The molecule has 0 aliphatic heterocycles. The molecule has 4 aromatic heterocycles. The molecular weight excluding hydrogens is 1900 g/mol. The third-order valence-corrected chi connectivity index (χ3v) is 32.2. The first-order valence-corrected chi connectivity index (χ1v) is 53.7. The standard InChI is InChI=1S/C40H28N2S.2C34H24N2S.C30H22N2S/c1-2-27-11-10-15-31(23-27)42(30-13-4-3-5-14-30)32-20-22-40-37(26-32)36-25-29(19-21-39(36)43-40)41-38-24-28-12-6-7-16-33(28)34-17-8-9-18-35(34)38;1-4-12-24(13-5-1)35-25-20-21-33-30(22-25)31-23-32(28-18-10-11-19-29(28)34(31)37-33)36(26-14-6-2-7-15-26)27-16-8-3-9-17-27;1-3-12-25(13-4-1)35-26-18-20-33-30(22-26)31-23-28(19-21-34(31)37-33)36(27-14-5-2-6-15-27)32-17-9-11-24-10-7-8-16-29(24)32;1-4-10-22(11-5-1)31-23-16-18-29-27(20-23)28-21-26(17-19-30(28)33-29)32(24-12-6-2-7-13-24)25-14-8-3-9-15-25/h2-26,41H,1H2;2*1-23,35H;1-21,31H. The van der Waals surface area contributed by atoms with Gasteiger partial charge in [0, 0.05) is 205 Å². The molecule has 12 heteroatoms. The summed E-state index contributed by atoms with van der Waals surface area (Å²) < 4.78 is 10.4. The summed E-state index contributed by atoms with van der Waals surface area (Å²) >= 11 is 7.40. The van der Waals surface area contributed by atoms with E-state index in [4.69, 9.17) is 0 Å². The van der Waals surface area contributed by atoms with E-state index in [0.717, 1.165) is 108 Å². The Labute approximate surface area is 886 Å². The lowest BCUT2D eigenvalue weighted by atomic mass is 10.00. The first kappa shape index (κ1) is 92.5. The van der Waals surface area contributed by atoms with Crippen LogP contribution < -0.4 is 40.9 Å². The van der Waals surface area contributed by atoms with Crippen molar-refractivity contribution in [2.75, 3.05) is 40.9 Å². The van der Waals surface area contributed by atoms with Crippen LogP contribution in [0.25, 0.3) is 130 Å². The van der Waals surface area contributed by atoms with Crippen LogP contribution in [0.2, 0.25) is 0 Å². The fourth-order valence-electron chi connectivity index (χ4n) is 20.6. The number of fused-ring (bicyclic) bond motifs is 18. The maximum atomic E-state index is 3.99. The number of para-hydroxylation sites is 9. The molecule has 0 atom stereocenters. The molecule has 24 aromatic carbocycles. The normalized spacial score (nSPS) is 11.2. The van der Waals surface area contributed by atoms with Gasteiger partial charge in [-0.15, -0.1) is 45.3 Å². The van der Waals surface area contributed by atoms with Gasteiger partial charge < -0.3 is 40.9 Å². The van der Waals surface area contributed by atoms with E-state index in [9.17, 15) is 0 Å². The Balaban J connectivity index is 0.000000104. The molecule has 4 heterocycles. The van der Waals surface area contributed by atoms with Crippen LogP contribution in [0, 0.1) is 0 Å². The van der Waals surface area contributed by atoms with Crippen LogP contribution in [0.1, 0.15) is 5.56 Å². The number of hydrogen-bond acceptors (Lipinski definition) is 12. The average molecular weight is 2000 g/mol. The molecule has 0 saturated carbocycles. The van der Waals surface area contributed by atoms with Gasteiger partial charge in [-0.25, -0.2) is 0 Å². The molecule has 0 fully saturated rings. The molecule has 0 spiro atoms. The summed E-state index contributed by atoms with van der Waals surface area (Å²) in [5.74, 6) is 0. The smallest absolute Gasteiger partial charge is 0.0547 e. The lowest BCUT2D eigenvalue weighted by molar-refractivity contribution is 1.29. The van der Waals surface area contributed by atoms with Crippen molar-refractivity contribution in [3.05, 3.63) is 564 Å². The SMILES string of the molecule is C=Cc1cccc(N(c2ccccc2)c2ccc3sc4ccc(Nc5cc6ccccc6c6ccccc56)cc4c3c2)c1.c1ccc(Nc2ccc3sc4c5ccccc5c(N(c5ccccc5)c5ccccc5)cc4c3c2)cc1.c1ccc(Nc2ccc3sc4ccc(N(c5ccccc5)c5cccc6ccccc56)cc4c3c2)cc1.c1ccc(Nc2ccc3sc4ccc(N(c5ccccc5)c5ccccc5)cc4c3c2)cc1. The number of thiophene rings is 4. The zero-order valence-corrected chi connectivity index (χ0v) is 85.0. The quantitative estimate of drug-likeness (QED) is 0.0531. The number of nitrogens with zero attached hydrogens (tertiary/aromatic N) is 4. The van der Waals surface area contributed by atoms with E-state index in [1.807, 2.05) is 69.6 Å². The number of anilines is 20. The van der Waals surface area contributed by atoms with Crippen molar-refractivity contribution in [2.45, 2.75) is 0 Å². The molecule has 0 radical (unpaired) electrons. The van der Waals surface area contributed by atoms with Crippen molar-refractivity contribution in [3.63, 3.8) is 0 Å². The van der Waals surface area contributed by atoms with E-state index < -0.39 is 0 Å². The van der Waals surface area contributed by atoms with Crippen molar-refractivity contribution >= 4 is 289 Å². The van der Waals surface area contributed by atoms with Gasteiger partial charge >= 0.3 is 0 Å². The summed E-state index contributed by atoms with van der Waals surface area (Å²) in [5.41, 5.74) is 23.6. The molecule has 0 amide bonds. The predicted octanol–water partition coefficient (Wildman–Crippen LogP) is 42.3. The third kappa shape index (κ3) is 19.1. The van der Waals surface area contributed by atoms with Gasteiger partial charge in [0.15, 0.2) is 0 Å². The monoisotopic (exact) mass is 1990 g/mol. The number of nitrogens with one attached hydrogen (secondary N) is 4. The first-order chi connectivity index (χ1) is 74.3. The third-order valence-electron chi connectivity index (χ3n) is 27.5. The average Bonchev–Trinajstić information content (AvgIpc) is 1.56. The minimum absolute atomic E-state index is 1.08. The van der Waals surface area contributed by atoms with Gasteiger partial charge in [-0.2, -0.15) is 0 Å². The molecule has 714 valence electrons. The van der Waals surface area contributed by atoms with E-state index >= 15 is 0 Å². The van der Waals surface area contributed by atoms with Gasteiger partial charge in [0.05, 0.1) is 11.4 Å². The maximum Gasteiger partial charge on any atom is 0.0547 e.